The minimum atomic E-state index is -0.366. The molecule has 1 N–H and O–H groups in total. The molecule has 0 amide bonds. The van der Waals surface area contributed by atoms with E-state index in [1.54, 1.807) is 0 Å². The summed E-state index contributed by atoms with van der Waals surface area (Å²) in [5, 5.41) is 3.34. The van der Waals surface area contributed by atoms with Gasteiger partial charge in [0.15, 0.2) is 0 Å². The van der Waals surface area contributed by atoms with E-state index in [-0.39, 0.29) is 23.6 Å². The van der Waals surface area contributed by atoms with Gasteiger partial charge in [-0.1, -0.05) is 13.8 Å². The topological polar surface area (TPSA) is 15.3 Å². The van der Waals surface area contributed by atoms with Crippen LogP contribution in [0.4, 0.5) is 8.78 Å². The molecule has 1 aromatic rings. The molecule has 0 aliphatic carbocycles. The van der Waals surface area contributed by atoms with Crippen LogP contribution in [0, 0.1) is 17.6 Å². The summed E-state index contributed by atoms with van der Waals surface area (Å²) in [6.45, 7) is 7.82. The average Bonchev–Trinajstić information content (AvgIpc) is 2.62. The van der Waals surface area contributed by atoms with E-state index in [2.05, 4.69) is 24.1 Å². The second kappa shape index (κ2) is 6.44. The number of nitrogens with one attached hydrogen (secondary N) is 1. The van der Waals surface area contributed by atoms with E-state index in [1.165, 1.54) is 18.2 Å². The number of benzene rings is 1. The van der Waals surface area contributed by atoms with Crippen molar-refractivity contribution in [2.24, 2.45) is 5.92 Å². The molecule has 0 aromatic heterocycles. The largest absolute Gasteiger partial charge is 0.315 e. The van der Waals surface area contributed by atoms with Gasteiger partial charge in [-0.15, -0.1) is 0 Å². The summed E-state index contributed by atoms with van der Waals surface area (Å²) < 4.78 is 27.4. The molecule has 0 radical (unpaired) electrons. The number of hydrogen-bond acceptors (Lipinski definition) is 2. The summed E-state index contributed by atoms with van der Waals surface area (Å²) in [5.74, 6) is -0.429. The van der Waals surface area contributed by atoms with Gasteiger partial charge in [-0.2, -0.15) is 0 Å². The lowest BCUT2D eigenvalue weighted by atomic mass is 9.93. The van der Waals surface area contributed by atoms with E-state index < -0.39 is 0 Å². The quantitative estimate of drug-likeness (QED) is 0.906. The van der Waals surface area contributed by atoms with Gasteiger partial charge in [-0.3, -0.25) is 4.90 Å². The highest BCUT2D eigenvalue weighted by molar-refractivity contribution is 5.23. The van der Waals surface area contributed by atoms with Crippen LogP contribution in [0.2, 0.25) is 0 Å². The summed E-state index contributed by atoms with van der Waals surface area (Å²) in [4.78, 5) is 2.27. The minimum Gasteiger partial charge on any atom is -0.315 e. The zero-order chi connectivity index (χ0) is 13.8. The van der Waals surface area contributed by atoms with Crippen LogP contribution in [0.25, 0.3) is 0 Å². The van der Waals surface area contributed by atoms with Gasteiger partial charge in [0, 0.05) is 31.2 Å². The molecule has 4 heteroatoms. The maximum atomic E-state index is 14.0. The molecule has 0 saturated carbocycles. The molecule has 1 aliphatic rings. The summed E-state index contributed by atoms with van der Waals surface area (Å²) in [7, 11) is 0. The fourth-order valence-electron chi connectivity index (χ4n) is 2.86. The van der Waals surface area contributed by atoms with Crippen LogP contribution in [-0.4, -0.2) is 31.1 Å². The van der Waals surface area contributed by atoms with E-state index in [4.69, 9.17) is 0 Å². The Labute approximate surface area is 113 Å². The lowest BCUT2D eigenvalue weighted by molar-refractivity contribution is 0.161. The minimum absolute atomic E-state index is 0.0596. The first-order chi connectivity index (χ1) is 9.09. The van der Waals surface area contributed by atoms with Gasteiger partial charge in [0.1, 0.15) is 11.6 Å². The Morgan fingerprint density at radius 1 is 1.16 bits per heavy atom. The Kier molecular flexibility index (Phi) is 4.88. The highest BCUT2D eigenvalue weighted by atomic mass is 19.1. The molecule has 1 fully saturated rings. The van der Waals surface area contributed by atoms with E-state index in [0.29, 0.717) is 5.56 Å². The Morgan fingerprint density at radius 3 is 2.68 bits per heavy atom. The molecule has 1 heterocycles. The predicted molar refractivity (Wildman–Crippen MR) is 73.0 cm³/mol. The van der Waals surface area contributed by atoms with E-state index >= 15 is 0 Å². The standard InChI is InChI=1S/C15H22F2N2/c1-11(2)15(19-8-3-6-18-7-9-19)13-10-12(16)4-5-14(13)17/h4-5,10-11,15,18H,3,6-9H2,1-2H3. The van der Waals surface area contributed by atoms with E-state index in [1.807, 2.05) is 0 Å². The van der Waals surface area contributed by atoms with Crippen LogP contribution < -0.4 is 5.32 Å². The summed E-state index contributed by atoms with van der Waals surface area (Å²) in [6.07, 6.45) is 1.04. The monoisotopic (exact) mass is 268 g/mol. The normalized spacial score (nSPS) is 19.4. The van der Waals surface area contributed by atoms with Crippen molar-refractivity contribution in [2.45, 2.75) is 26.3 Å². The SMILES string of the molecule is CC(C)C(c1cc(F)ccc1F)N1CCCNCC1. The van der Waals surface area contributed by atoms with E-state index in [9.17, 15) is 8.78 Å². The third kappa shape index (κ3) is 3.51. The molecule has 19 heavy (non-hydrogen) atoms. The van der Waals surface area contributed by atoms with Crippen molar-refractivity contribution in [3.8, 4) is 0 Å². The highest BCUT2D eigenvalue weighted by Crippen LogP contribution is 2.31. The average molecular weight is 268 g/mol. The number of hydrogen-bond donors (Lipinski definition) is 1. The van der Waals surface area contributed by atoms with Crippen molar-refractivity contribution in [3.63, 3.8) is 0 Å². The first-order valence-corrected chi connectivity index (χ1v) is 6.99. The molecular weight excluding hydrogens is 246 g/mol. The lowest BCUT2D eigenvalue weighted by Crippen LogP contribution is -2.35. The van der Waals surface area contributed by atoms with Crippen LogP contribution >= 0.6 is 0 Å². The summed E-state index contributed by atoms with van der Waals surface area (Å²) in [5.41, 5.74) is 0.483. The van der Waals surface area contributed by atoms with Gasteiger partial charge in [-0.05, 0) is 37.1 Å². The third-order valence-electron chi connectivity index (χ3n) is 3.68. The maximum absolute atomic E-state index is 14.0. The molecule has 0 bridgehead atoms. The fourth-order valence-corrected chi connectivity index (χ4v) is 2.86. The Balaban J connectivity index is 2.30. The highest BCUT2D eigenvalue weighted by Gasteiger charge is 2.27. The van der Waals surface area contributed by atoms with E-state index in [0.717, 1.165) is 32.6 Å². The summed E-state index contributed by atoms with van der Waals surface area (Å²) in [6, 6.07) is 3.70. The maximum Gasteiger partial charge on any atom is 0.128 e. The Bertz CT molecular complexity index is 413. The molecule has 0 spiro atoms. The van der Waals surface area contributed by atoms with Crippen LogP contribution in [-0.2, 0) is 0 Å². The van der Waals surface area contributed by atoms with Crippen molar-refractivity contribution in [1.82, 2.24) is 10.2 Å². The van der Waals surface area contributed by atoms with Gasteiger partial charge >= 0.3 is 0 Å². The van der Waals surface area contributed by atoms with Gasteiger partial charge in [-0.25, -0.2) is 8.78 Å². The van der Waals surface area contributed by atoms with Crippen molar-refractivity contribution in [1.29, 1.82) is 0 Å². The van der Waals surface area contributed by atoms with Gasteiger partial charge in [0.2, 0.25) is 0 Å². The lowest BCUT2D eigenvalue weighted by Gasteiger charge is -2.34. The smallest absolute Gasteiger partial charge is 0.128 e. The molecular formula is C15H22F2N2. The first kappa shape index (κ1) is 14.4. The Morgan fingerprint density at radius 2 is 1.95 bits per heavy atom. The molecule has 1 aromatic carbocycles. The molecule has 2 nitrogen and oxygen atoms in total. The molecule has 1 atom stereocenters. The van der Waals surface area contributed by atoms with Crippen molar-refractivity contribution in [2.75, 3.05) is 26.2 Å². The molecule has 1 aliphatic heterocycles. The second-order valence-corrected chi connectivity index (χ2v) is 5.49. The second-order valence-electron chi connectivity index (χ2n) is 5.49. The van der Waals surface area contributed by atoms with Gasteiger partial charge < -0.3 is 5.32 Å². The molecule has 1 saturated heterocycles. The third-order valence-corrected chi connectivity index (χ3v) is 3.68. The van der Waals surface area contributed by atoms with Crippen LogP contribution in [0.1, 0.15) is 31.9 Å². The zero-order valence-corrected chi connectivity index (χ0v) is 11.6. The van der Waals surface area contributed by atoms with Crippen LogP contribution in [0.5, 0.6) is 0 Å². The fraction of sp³-hybridized carbons (Fsp3) is 0.600. The molecule has 106 valence electrons. The van der Waals surface area contributed by atoms with Gasteiger partial charge in [0.05, 0.1) is 0 Å². The molecule has 2 rings (SSSR count). The molecule has 1 unspecified atom stereocenters. The van der Waals surface area contributed by atoms with Gasteiger partial charge in [0.25, 0.3) is 0 Å². The predicted octanol–water partition coefficient (Wildman–Crippen LogP) is 2.96. The first-order valence-electron chi connectivity index (χ1n) is 6.99. The number of nitrogens with zero attached hydrogens (tertiary/aromatic N) is 1. The van der Waals surface area contributed by atoms with Crippen molar-refractivity contribution in [3.05, 3.63) is 35.4 Å². The Hall–Kier alpha value is -1.00. The number of rotatable bonds is 3. The summed E-state index contributed by atoms with van der Waals surface area (Å²) >= 11 is 0. The number of halogens is 2. The van der Waals surface area contributed by atoms with Crippen LogP contribution in [0.15, 0.2) is 18.2 Å². The van der Waals surface area contributed by atoms with Crippen LogP contribution in [0.3, 0.4) is 0 Å². The zero-order valence-electron chi connectivity index (χ0n) is 11.6. The van der Waals surface area contributed by atoms with Crippen molar-refractivity contribution < 1.29 is 8.78 Å². The van der Waals surface area contributed by atoms with Crippen molar-refractivity contribution >= 4 is 0 Å².